The summed E-state index contributed by atoms with van der Waals surface area (Å²) >= 11 is 0. The van der Waals surface area contributed by atoms with Crippen molar-refractivity contribution in [1.29, 1.82) is 0 Å². The second-order valence-electron chi connectivity index (χ2n) is 7.39. The van der Waals surface area contributed by atoms with E-state index in [0.717, 1.165) is 11.0 Å². The molecule has 0 saturated heterocycles. The van der Waals surface area contributed by atoms with Gasteiger partial charge in [-0.05, 0) is 35.4 Å². The lowest BCUT2D eigenvalue weighted by Gasteiger charge is -2.30. The van der Waals surface area contributed by atoms with Crippen molar-refractivity contribution in [2.45, 2.75) is 32.7 Å². The molecule has 0 aliphatic carbocycles. The first kappa shape index (κ1) is 16.7. The number of hydrogen-bond donors (Lipinski definition) is 0. The SMILES string of the molecule is CCC(C)c1ccc(C[N+](C)(C)c2cccc3ccccc23)cc1. The molecular weight excluding hydrogens is 290 g/mol. The fourth-order valence-corrected chi connectivity index (χ4v) is 3.47. The maximum Gasteiger partial charge on any atom is 0.140 e. The Morgan fingerprint density at radius 2 is 1.50 bits per heavy atom. The number of rotatable bonds is 5. The van der Waals surface area contributed by atoms with Gasteiger partial charge in [0.2, 0.25) is 0 Å². The molecule has 1 nitrogen and oxygen atoms in total. The molecule has 1 heteroatoms. The van der Waals surface area contributed by atoms with Crippen molar-refractivity contribution >= 4 is 16.5 Å². The van der Waals surface area contributed by atoms with E-state index in [-0.39, 0.29) is 0 Å². The van der Waals surface area contributed by atoms with Crippen LogP contribution in [0.3, 0.4) is 0 Å². The van der Waals surface area contributed by atoms with Crippen molar-refractivity contribution in [2.24, 2.45) is 0 Å². The van der Waals surface area contributed by atoms with Crippen LogP contribution >= 0.6 is 0 Å². The highest BCUT2D eigenvalue weighted by molar-refractivity contribution is 5.93. The molecule has 0 saturated carbocycles. The summed E-state index contributed by atoms with van der Waals surface area (Å²) in [5.74, 6) is 0.639. The Kier molecular flexibility index (Phi) is 4.73. The molecule has 0 bridgehead atoms. The summed E-state index contributed by atoms with van der Waals surface area (Å²) in [7, 11) is 4.59. The van der Waals surface area contributed by atoms with E-state index in [0.29, 0.717) is 5.92 Å². The zero-order chi connectivity index (χ0) is 17.2. The topological polar surface area (TPSA) is 0 Å². The predicted octanol–water partition coefficient (Wildman–Crippen LogP) is 6.12. The Labute approximate surface area is 146 Å². The molecule has 1 unspecified atom stereocenters. The van der Waals surface area contributed by atoms with Gasteiger partial charge in [0.05, 0.1) is 14.1 Å². The van der Waals surface area contributed by atoms with Crippen LogP contribution in [0.1, 0.15) is 37.3 Å². The lowest BCUT2D eigenvalue weighted by atomic mass is 9.97. The van der Waals surface area contributed by atoms with Gasteiger partial charge < -0.3 is 0 Å². The maximum atomic E-state index is 2.30. The molecule has 0 heterocycles. The van der Waals surface area contributed by atoms with Crippen LogP contribution in [0.15, 0.2) is 66.7 Å². The summed E-state index contributed by atoms with van der Waals surface area (Å²) in [5.41, 5.74) is 4.20. The van der Waals surface area contributed by atoms with Crippen LogP contribution in [0, 0.1) is 0 Å². The summed E-state index contributed by atoms with van der Waals surface area (Å²) in [4.78, 5) is 0. The van der Waals surface area contributed by atoms with Gasteiger partial charge in [-0.1, -0.05) is 68.4 Å². The molecule has 124 valence electrons. The lowest BCUT2D eigenvalue weighted by Crippen LogP contribution is -2.39. The molecule has 0 aromatic heterocycles. The summed E-state index contributed by atoms with van der Waals surface area (Å²) in [6.07, 6.45) is 1.19. The summed E-state index contributed by atoms with van der Waals surface area (Å²) in [5, 5.41) is 2.66. The molecule has 3 rings (SSSR count). The number of hydrogen-bond acceptors (Lipinski definition) is 0. The van der Waals surface area contributed by atoms with Crippen LogP contribution in [0.5, 0.6) is 0 Å². The highest BCUT2D eigenvalue weighted by Gasteiger charge is 2.22. The van der Waals surface area contributed by atoms with E-state index < -0.39 is 0 Å². The Hall–Kier alpha value is -2.12. The first-order chi connectivity index (χ1) is 11.5. The van der Waals surface area contributed by atoms with Crippen molar-refractivity contribution < 1.29 is 0 Å². The van der Waals surface area contributed by atoms with Crippen molar-refractivity contribution in [1.82, 2.24) is 4.48 Å². The smallest absolute Gasteiger partial charge is 0.140 e. The average Bonchev–Trinajstić information content (AvgIpc) is 2.61. The Bertz CT molecular complexity index is 810. The van der Waals surface area contributed by atoms with Gasteiger partial charge in [0.25, 0.3) is 0 Å². The molecule has 0 radical (unpaired) electrons. The van der Waals surface area contributed by atoms with Gasteiger partial charge in [0.15, 0.2) is 0 Å². The molecule has 3 aromatic carbocycles. The summed E-state index contributed by atoms with van der Waals surface area (Å²) in [6.45, 7) is 5.54. The fraction of sp³-hybridized carbons (Fsp3) is 0.304. The van der Waals surface area contributed by atoms with Gasteiger partial charge in [0.1, 0.15) is 12.2 Å². The third kappa shape index (κ3) is 3.37. The minimum atomic E-state index is 0.639. The molecule has 0 fully saturated rings. The molecule has 0 spiro atoms. The van der Waals surface area contributed by atoms with E-state index in [1.165, 1.54) is 34.0 Å². The first-order valence-electron chi connectivity index (χ1n) is 8.91. The third-order valence-corrected chi connectivity index (χ3v) is 5.16. The average molecular weight is 318 g/mol. The van der Waals surface area contributed by atoms with Gasteiger partial charge >= 0.3 is 0 Å². The van der Waals surface area contributed by atoms with E-state index >= 15 is 0 Å². The quantitative estimate of drug-likeness (QED) is 0.497. The van der Waals surface area contributed by atoms with Gasteiger partial charge in [0, 0.05) is 10.9 Å². The normalized spacial score (nSPS) is 13.2. The Balaban J connectivity index is 1.90. The zero-order valence-electron chi connectivity index (χ0n) is 15.3. The Morgan fingerprint density at radius 3 is 2.21 bits per heavy atom. The fourth-order valence-electron chi connectivity index (χ4n) is 3.47. The van der Waals surface area contributed by atoms with Crippen molar-refractivity contribution in [3.05, 3.63) is 77.9 Å². The monoisotopic (exact) mass is 318 g/mol. The van der Waals surface area contributed by atoms with Crippen molar-refractivity contribution in [3.8, 4) is 0 Å². The van der Waals surface area contributed by atoms with E-state index in [1.54, 1.807) is 0 Å². The first-order valence-corrected chi connectivity index (χ1v) is 8.91. The second-order valence-corrected chi connectivity index (χ2v) is 7.39. The molecule has 0 N–H and O–H groups in total. The second kappa shape index (κ2) is 6.78. The number of benzene rings is 3. The van der Waals surface area contributed by atoms with Crippen LogP contribution in [-0.2, 0) is 6.54 Å². The standard InChI is InChI=1S/C23H28N/c1-5-18(2)20-15-13-19(14-16-20)17-24(3,4)23-12-8-10-21-9-6-7-11-22(21)23/h6-16,18H,5,17H2,1-4H3/q+1. The van der Waals surface area contributed by atoms with Crippen LogP contribution in [0.4, 0.5) is 5.69 Å². The van der Waals surface area contributed by atoms with Crippen LogP contribution in [0.2, 0.25) is 0 Å². The van der Waals surface area contributed by atoms with Gasteiger partial charge in [-0.15, -0.1) is 0 Å². The predicted molar refractivity (Wildman–Crippen MR) is 106 cm³/mol. The van der Waals surface area contributed by atoms with E-state index in [1.807, 2.05) is 0 Å². The minimum Gasteiger partial charge on any atom is -0.292 e. The molecular formula is C23H28N+. The molecule has 0 aliphatic rings. The Morgan fingerprint density at radius 1 is 0.833 bits per heavy atom. The number of nitrogens with zero attached hydrogens (tertiary/aromatic N) is 1. The number of quaternary nitrogens is 1. The maximum absolute atomic E-state index is 2.30. The third-order valence-electron chi connectivity index (χ3n) is 5.16. The van der Waals surface area contributed by atoms with Crippen molar-refractivity contribution in [3.63, 3.8) is 0 Å². The van der Waals surface area contributed by atoms with Crippen LogP contribution in [0.25, 0.3) is 10.8 Å². The number of fused-ring (bicyclic) bond motifs is 1. The van der Waals surface area contributed by atoms with E-state index in [4.69, 9.17) is 0 Å². The van der Waals surface area contributed by atoms with Gasteiger partial charge in [-0.25, -0.2) is 0 Å². The van der Waals surface area contributed by atoms with Gasteiger partial charge in [-0.2, -0.15) is 0 Å². The highest BCUT2D eigenvalue weighted by atomic mass is 15.3. The minimum absolute atomic E-state index is 0.639. The largest absolute Gasteiger partial charge is 0.292 e. The van der Waals surface area contributed by atoms with E-state index in [9.17, 15) is 0 Å². The van der Waals surface area contributed by atoms with Crippen LogP contribution in [-0.4, -0.2) is 14.1 Å². The highest BCUT2D eigenvalue weighted by Crippen LogP contribution is 2.31. The summed E-state index contributed by atoms with van der Waals surface area (Å²) < 4.78 is 0.851. The van der Waals surface area contributed by atoms with Crippen LogP contribution < -0.4 is 4.48 Å². The zero-order valence-corrected chi connectivity index (χ0v) is 15.3. The molecule has 1 atom stereocenters. The lowest BCUT2D eigenvalue weighted by molar-refractivity contribution is 0.395. The van der Waals surface area contributed by atoms with Crippen molar-refractivity contribution in [2.75, 3.05) is 14.1 Å². The molecule has 24 heavy (non-hydrogen) atoms. The summed E-state index contributed by atoms with van der Waals surface area (Å²) in [6, 6.07) is 24.5. The molecule has 0 amide bonds. The molecule has 0 aliphatic heterocycles. The van der Waals surface area contributed by atoms with E-state index in [2.05, 4.69) is 94.7 Å². The van der Waals surface area contributed by atoms with Gasteiger partial charge in [-0.3, -0.25) is 4.48 Å². The molecule has 3 aromatic rings.